The van der Waals surface area contributed by atoms with Crippen LogP contribution in [0.5, 0.6) is 0 Å². The number of aromatic nitrogens is 3. The van der Waals surface area contributed by atoms with E-state index in [0.29, 0.717) is 5.82 Å². The minimum atomic E-state index is -0.488. The van der Waals surface area contributed by atoms with Crippen LogP contribution in [0.3, 0.4) is 0 Å². The fourth-order valence-corrected chi connectivity index (χ4v) is 1.42. The summed E-state index contributed by atoms with van der Waals surface area (Å²) in [5.74, 6) is 0.169. The van der Waals surface area contributed by atoms with Crippen molar-refractivity contribution in [2.24, 2.45) is 0 Å². The maximum atomic E-state index is 12.7. The molecule has 0 aliphatic rings. The lowest BCUT2D eigenvalue weighted by Gasteiger charge is -2.02. The van der Waals surface area contributed by atoms with E-state index in [4.69, 9.17) is 0 Å². The third kappa shape index (κ3) is 2.21. The van der Waals surface area contributed by atoms with Crippen molar-refractivity contribution in [1.82, 2.24) is 14.8 Å². The molecule has 0 aromatic carbocycles. The van der Waals surface area contributed by atoms with Crippen molar-refractivity contribution < 1.29 is 4.39 Å². The summed E-state index contributed by atoms with van der Waals surface area (Å²) in [7, 11) is 0. The highest BCUT2D eigenvalue weighted by atomic mass is 19.1. The van der Waals surface area contributed by atoms with Crippen LogP contribution in [0, 0.1) is 5.95 Å². The average molecular weight is 205 g/mol. The minimum Gasteiger partial charge on any atom is -0.234 e. The van der Waals surface area contributed by atoms with Gasteiger partial charge in [-0.25, -0.2) is 9.67 Å². The van der Waals surface area contributed by atoms with Crippen LogP contribution in [0.4, 0.5) is 4.39 Å². The van der Waals surface area contributed by atoms with Gasteiger partial charge in [-0.15, -0.1) is 5.10 Å². The third-order valence-electron chi connectivity index (χ3n) is 2.09. The molecular formula is C11H12FN3. The highest BCUT2D eigenvalue weighted by molar-refractivity contribution is 5.23. The van der Waals surface area contributed by atoms with E-state index in [-0.39, 0.29) is 0 Å². The quantitative estimate of drug-likeness (QED) is 0.770. The van der Waals surface area contributed by atoms with Crippen LogP contribution in [-0.4, -0.2) is 14.8 Å². The summed E-state index contributed by atoms with van der Waals surface area (Å²) >= 11 is 0. The molecule has 0 fully saturated rings. The number of rotatable bonds is 3. The van der Waals surface area contributed by atoms with Crippen LogP contribution in [0.15, 0.2) is 30.5 Å². The Bertz CT molecular complexity index is 451. The van der Waals surface area contributed by atoms with E-state index in [0.717, 1.165) is 18.5 Å². The second-order valence-electron chi connectivity index (χ2n) is 3.32. The van der Waals surface area contributed by atoms with Gasteiger partial charge in [-0.3, -0.25) is 0 Å². The first-order valence-electron chi connectivity index (χ1n) is 4.97. The van der Waals surface area contributed by atoms with Crippen LogP contribution in [0.1, 0.15) is 19.0 Å². The molecule has 0 N–H and O–H groups in total. The van der Waals surface area contributed by atoms with Crippen LogP contribution >= 0.6 is 0 Å². The van der Waals surface area contributed by atoms with Gasteiger partial charge in [-0.1, -0.05) is 19.4 Å². The van der Waals surface area contributed by atoms with Gasteiger partial charge in [0.25, 0.3) is 0 Å². The number of hydrogen-bond acceptors (Lipinski definition) is 2. The summed E-state index contributed by atoms with van der Waals surface area (Å²) in [6, 6.07) is 7.00. The molecular weight excluding hydrogens is 193 g/mol. The van der Waals surface area contributed by atoms with Gasteiger partial charge in [-0.05, 0) is 18.6 Å². The standard InChI is InChI=1S/C11H12FN3/c1-2-4-9-5-3-6-11(13-9)15-8-7-10(12)14-15/h3,5-8H,2,4H2,1H3. The van der Waals surface area contributed by atoms with Gasteiger partial charge in [0.1, 0.15) is 0 Å². The van der Waals surface area contributed by atoms with Crippen LogP contribution in [0.25, 0.3) is 5.82 Å². The molecule has 0 bridgehead atoms. The van der Waals surface area contributed by atoms with Crippen molar-refractivity contribution in [1.29, 1.82) is 0 Å². The fourth-order valence-electron chi connectivity index (χ4n) is 1.42. The van der Waals surface area contributed by atoms with Gasteiger partial charge in [0, 0.05) is 18.0 Å². The van der Waals surface area contributed by atoms with Gasteiger partial charge in [0.15, 0.2) is 5.82 Å². The molecule has 0 saturated heterocycles. The molecule has 2 aromatic rings. The summed E-state index contributed by atoms with van der Waals surface area (Å²) < 4.78 is 14.1. The predicted octanol–water partition coefficient (Wildman–Crippen LogP) is 2.36. The monoisotopic (exact) mass is 205 g/mol. The Kier molecular flexibility index (Phi) is 2.76. The number of halogens is 1. The highest BCUT2D eigenvalue weighted by Gasteiger charge is 2.02. The largest absolute Gasteiger partial charge is 0.234 e. The third-order valence-corrected chi connectivity index (χ3v) is 2.09. The first-order chi connectivity index (χ1) is 7.29. The fraction of sp³-hybridized carbons (Fsp3) is 0.273. The van der Waals surface area contributed by atoms with Crippen molar-refractivity contribution in [3.8, 4) is 5.82 Å². The second kappa shape index (κ2) is 4.21. The minimum absolute atomic E-state index is 0.488. The Morgan fingerprint density at radius 1 is 1.33 bits per heavy atom. The molecule has 2 rings (SSSR count). The van der Waals surface area contributed by atoms with Crippen molar-refractivity contribution in [2.75, 3.05) is 0 Å². The molecule has 0 saturated carbocycles. The zero-order valence-electron chi connectivity index (χ0n) is 8.52. The lowest BCUT2D eigenvalue weighted by Crippen LogP contribution is -2.00. The molecule has 78 valence electrons. The van der Waals surface area contributed by atoms with E-state index < -0.39 is 5.95 Å². The van der Waals surface area contributed by atoms with E-state index in [1.165, 1.54) is 10.7 Å². The highest BCUT2D eigenvalue weighted by Crippen LogP contribution is 2.06. The summed E-state index contributed by atoms with van der Waals surface area (Å²) in [6.07, 6.45) is 3.54. The molecule has 2 heterocycles. The lowest BCUT2D eigenvalue weighted by atomic mass is 10.2. The van der Waals surface area contributed by atoms with E-state index in [2.05, 4.69) is 17.0 Å². The van der Waals surface area contributed by atoms with E-state index in [9.17, 15) is 4.39 Å². The first-order valence-corrected chi connectivity index (χ1v) is 4.97. The van der Waals surface area contributed by atoms with Crippen LogP contribution < -0.4 is 0 Å². The average Bonchev–Trinajstić information content (AvgIpc) is 2.66. The maximum Gasteiger partial charge on any atom is 0.233 e. The van der Waals surface area contributed by atoms with Gasteiger partial charge >= 0.3 is 0 Å². The van der Waals surface area contributed by atoms with Gasteiger partial charge < -0.3 is 0 Å². The molecule has 4 heteroatoms. The molecule has 15 heavy (non-hydrogen) atoms. The van der Waals surface area contributed by atoms with Gasteiger partial charge in [0.05, 0.1) is 0 Å². The molecule has 0 unspecified atom stereocenters. The lowest BCUT2D eigenvalue weighted by molar-refractivity contribution is 0.564. The summed E-state index contributed by atoms with van der Waals surface area (Å²) in [5.41, 5.74) is 1.01. The van der Waals surface area contributed by atoms with E-state index in [1.807, 2.05) is 18.2 Å². The molecule has 0 spiro atoms. The smallest absolute Gasteiger partial charge is 0.233 e. The number of hydrogen-bond donors (Lipinski definition) is 0. The van der Waals surface area contributed by atoms with Crippen molar-refractivity contribution in [2.45, 2.75) is 19.8 Å². The Balaban J connectivity index is 2.32. The Morgan fingerprint density at radius 3 is 2.87 bits per heavy atom. The van der Waals surface area contributed by atoms with Crippen molar-refractivity contribution in [3.05, 3.63) is 42.1 Å². The normalized spacial score (nSPS) is 10.5. The molecule has 0 aliphatic heterocycles. The second-order valence-corrected chi connectivity index (χ2v) is 3.32. The Labute approximate surface area is 87.6 Å². The molecule has 0 amide bonds. The Morgan fingerprint density at radius 2 is 2.20 bits per heavy atom. The number of pyridine rings is 1. The molecule has 2 aromatic heterocycles. The van der Waals surface area contributed by atoms with Crippen molar-refractivity contribution >= 4 is 0 Å². The predicted molar refractivity (Wildman–Crippen MR) is 55.3 cm³/mol. The molecule has 3 nitrogen and oxygen atoms in total. The summed E-state index contributed by atoms with van der Waals surface area (Å²) in [4.78, 5) is 4.38. The zero-order valence-corrected chi connectivity index (χ0v) is 8.52. The van der Waals surface area contributed by atoms with E-state index >= 15 is 0 Å². The molecule has 0 radical (unpaired) electrons. The molecule has 0 aliphatic carbocycles. The van der Waals surface area contributed by atoms with E-state index in [1.54, 1.807) is 6.20 Å². The number of aryl methyl sites for hydroxylation is 1. The van der Waals surface area contributed by atoms with Crippen LogP contribution in [0.2, 0.25) is 0 Å². The number of nitrogens with zero attached hydrogens (tertiary/aromatic N) is 3. The van der Waals surface area contributed by atoms with Crippen molar-refractivity contribution in [3.63, 3.8) is 0 Å². The summed E-state index contributed by atoms with van der Waals surface area (Å²) in [5, 5.41) is 3.67. The maximum absolute atomic E-state index is 12.7. The molecule has 0 atom stereocenters. The van der Waals surface area contributed by atoms with Gasteiger partial charge in [-0.2, -0.15) is 4.39 Å². The zero-order chi connectivity index (χ0) is 10.7. The Hall–Kier alpha value is -1.71. The SMILES string of the molecule is CCCc1cccc(-n2ccc(F)n2)n1. The topological polar surface area (TPSA) is 30.7 Å². The first kappa shape index (κ1) is 9.83. The van der Waals surface area contributed by atoms with Gasteiger partial charge in [0.2, 0.25) is 5.95 Å². The van der Waals surface area contributed by atoms with Crippen LogP contribution in [-0.2, 0) is 6.42 Å². The summed E-state index contributed by atoms with van der Waals surface area (Å²) in [6.45, 7) is 2.10.